The van der Waals surface area contributed by atoms with Crippen molar-refractivity contribution >= 4 is 12.0 Å². The number of hydrogen-bond acceptors (Lipinski definition) is 3. The molecule has 1 spiro atoms. The van der Waals surface area contributed by atoms with E-state index >= 15 is 0 Å². The number of alkyl carbamates (subject to hydrolysis) is 1. The van der Waals surface area contributed by atoms with Gasteiger partial charge in [-0.1, -0.05) is 30.3 Å². The highest BCUT2D eigenvalue weighted by atomic mass is 16.6. The summed E-state index contributed by atoms with van der Waals surface area (Å²) < 4.78 is 5.41. The molecule has 2 aliphatic rings. The van der Waals surface area contributed by atoms with Crippen molar-refractivity contribution < 1.29 is 14.3 Å². The Bertz CT molecular complexity index is 661. The SMILES string of the molecule is CC(C)(C)OC(=O)N[C@]1(C)CN(CCc2ccccc2)C(=O)C12CC2. The summed E-state index contributed by atoms with van der Waals surface area (Å²) in [6.07, 6.45) is 2.05. The first-order valence-corrected chi connectivity index (χ1v) is 9.00. The van der Waals surface area contributed by atoms with Crippen LogP contribution in [0.15, 0.2) is 30.3 Å². The van der Waals surface area contributed by atoms with Crippen LogP contribution in [0.5, 0.6) is 0 Å². The molecule has 1 N–H and O–H groups in total. The maximum Gasteiger partial charge on any atom is 0.408 e. The van der Waals surface area contributed by atoms with Gasteiger partial charge in [-0.15, -0.1) is 0 Å². The van der Waals surface area contributed by atoms with Crippen LogP contribution in [0.1, 0.15) is 46.1 Å². The molecule has 1 aliphatic carbocycles. The van der Waals surface area contributed by atoms with Gasteiger partial charge in [0.1, 0.15) is 5.60 Å². The Morgan fingerprint density at radius 3 is 2.44 bits per heavy atom. The third-order valence-corrected chi connectivity index (χ3v) is 5.30. The molecule has 25 heavy (non-hydrogen) atoms. The molecule has 5 heteroatoms. The number of amides is 2. The number of likely N-dealkylation sites (tertiary alicyclic amines) is 1. The average Bonchev–Trinajstić information content (AvgIpc) is 3.28. The highest BCUT2D eigenvalue weighted by Gasteiger charge is 2.68. The van der Waals surface area contributed by atoms with Gasteiger partial charge in [0, 0.05) is 13.1 Å². The lowest BCUT2D eigenvalue weighted by molar-refractivity contribution is -0.132. The second-order valence-corrected chi connectivity index (χ2v) is 8.50. The molecule has 1 saturated heterocycles. The van der Waals surface area contributed by atoms with Crippen molar-refractivity contribution in [1.29, 1.82) is 0 Å². The van der Waals surface area contributed by atoms with E-state index in [9.17, 15) is 9.59 Å². The molecule has 2 amide bonds. The molecule has 0 bridgehead atoms. The molecule has 0 aromatic heterocycles. The average molecular weight is 344 g/mol. The van der Waals surface area contributed by atoms with Crippen molar-refractivity contribution in [3.05, 3.63) is 35.9 Å². The summed E-state index contributed by atoms with van der Waals surface area (Å²) in [6, 6.07) is 10.2. The van der Waals surface area contributed by atoms with Crippen molar-refractivity contribution in [1.82, 2.24) is 10.2 Å². The number of benzene rings is 1. The van der Waals surface area contributed by atoms with Gasteiger partial charge in [0.2, 0.25) is 5.91 Å². The molecule has 1 aromatic rings. The van der Waals surface area contributed by atoms with Crippen LogP contribution < -0.4 is 5.32 Å². The Hall–Kier alpha value is -2.04. The Labute approximate surface area is 149 Å². The van der Waals surface area contributed by atoms with Crippen molar-refractivity contribution in [2.24, 2.45) is 5.41 Å². The summed E-state index contributed by atoms with van der Waals surface area (Å²) in [7, 11) is 0. The minimum absolute atomic E-state index is 0.169. The van der Waals surface area contributed by atoms with Gasteiger partial charge in [0.25, 0.3) is 0 Å². The van der Waals surface area contributed by atoms with Gasteiger partial charge < -0.3 is 15.0 Å². The molecule has 3 rings (SSSR count). The van der Waals surface area contributed by atoms with E-state index in [4.69, 9.17) is 4.74 Å². The van der Waals surface area contributed by atoms with Crippen LogP contribution in [0.25, 0.3) is 0 Å². The van der Waals surface area contributed by atoms with Gasteiger partial charge in [-0.05, 0) is 52.5 Å². The van der Waals surface area contributed by atoms with Crippen LogP contribution in [0.2, 0.25) is 0 Å². The number of hydrogen-bond donors (Lipinski definition) is 1. The van der Waals surface area contributed by atoms with Crippen molar-refractivity contribution in [3.63, 3.8) is 0 Å². The molecule has 2 fully saturated rings. The first kappa shape index (κ1) is 17.8. The zero-order chi connectivity index (χ0) is 18.3. The van der Waals surface area contributed by atoms with E-state index in [0.29, 0.717) is 13.1 Å². The fourth-order valence-corrected chi connectivity index (χ4v) is 3.81. The molecule has 1 heterocycles. The lowest BCUT2D eigenvalue weighted by Crippen LogP contribution is -2.54. The van der Waals surface area contributed by atoms with Crippen molar-refractivity contribution in [3.8, 4) is 0 Å². The first-order valence-electron chi connectivity index (χ1n) is 9.00. The number of nitrogens with one attached hydrogen (secondary N) is 1. The Morgan fingerprint density at radius 2 is 1.88 bits per heavy atom. The van der Waals surface area contributed by atoms with Gasteiger partial charge in [0.15, 0.2) is 0 Å². The molecule has 5 nitrogen and oxygen atoms in total. The smallest absolute Gasteiger partial charge is 0.408 e. The zero-order valence-electron chi connectivity index (χ0n) is 15.6. The number of ether oxygens (including phenoxy) is 1. The van der Waals surface area contributed by atoms with Crippen LogP contribution >= 0.6 is 0 Å². The zero-order valence-corrected chi connectivity index (χ0v) is 15.6. The second kappa shape index (κ2) is 6.04. The van der Waals surface area contributed by atoms with Gasteiger partial charge in [0.05, 0.1) is 11.0 Å². The first-order chi connectivity index (χ1) is 11.7. The molecule has 1 aliphatic heterocycles. The summed E-state index contributed by atoms with van der Waals surface area (Å²) >= 11 is 0. The van der Waals surface area contributed by atoms with Crippen LogP contribution in [-0.4, -0.2) is 41.1 Å². The Kier molecular flexibility index (Phi) is 4.30. The second-order valence-electron chi connectivity index (χ2n) is 8.50. The largest absolute Gasteiger partial charge is 0.444 e. The van der Waals surface area contributed by atoms with Crippen LogP contribution in [0, 0.1) is 5.41 Å². The number of rotatable bonds is 4. The standard InChI is InChI=1S/C20H28N2O3/c1-18(2,3)25-17(24)21-19(4)14-22(16(23)20(19)11-12-20)13-10-15-8-6-5-7-9-15/h5-9H,10-14H2,1-4H3,(H,21,24)/t19-/m1/s1. The summed E-state index contributed by atoms with van der Waals surface area (Å²) in [4.78, 5) is 27.1. The summed E-state index contributed by atoms with van der Waals surface area (Å²) in [6.45, 7) is 8.72. The quantitative estimate of drug-likeness (QED) is 0.913. The van der Waals surface area contributed by atoms with E-state index in [-0.39, 0.29) is 5.91 Å². The number of nitrogens with zero attached hydrogens (tertiary/aromatic N) is 1. The molecule has 1 aromatic carbocycles. The maximum atomic E-state index is 12.9. The van der Waals surface area contributed by atoms with E-state index in [1.54, 1.807) is 0 Å². The summed E-state index contributed by atoms with van der Waals surface area (Å²) in [5.41, 5.74) is -0.343. The van der Waals surface area contributed by atoms with Crippen molar-refractivity contribution in [2.45, 2.75) is 58.1 Å². The van der Waals surface area contributed by atoms with Gasteiger partial charge in [-0.2, -0.15) is 0 Å². The van der Waals surface area contributed by atoms with Crippen LogP contribution in [-0.2, 0) is 16.0 Å². The van der Waals surface area contributed by atoms with E-state index in [1.807, 2.05) is 50.8 Å². The van der Waals surface area contributed by atoms with E-state index in [2.05, 4.69) is 17.4 Å². The fraction of sp³-hybridized carbons (Fsp3) is 0.600. The van der Waals surface area contributed by atoms with E-state index in [0.717, 1.165) is 19.3 Å². The maximum absolute atomic E-state index is 12.9. The minimum atomic E-state index is -0.566. The third-order valence-electron chi connectivity index (χ3n) is 5.30. The third kappa shape index (κ3) is 3.51. The molecule has 1 saturated carbocycles. The lowest BCUT2D eigenvalue weighted by Gasteiger charge is -2.32. The minimum Gasteiger partial charge on any atom is -0.444 e. The highest BCUT2D eigenvalue weighted by Crippen LogP contribution is 2.59. The fourth-order valence-electron chi connectivity index (χ4n) is 3.81. The molecular weight excluding hydrogens is 316 g/mol. The normalized spacial score (nSPS) is 24.5. The molecular formula is C20H28N2O3. The number of carbonyl (C=O) groups is 2. The predicted molar refractivity (Wildman–Crippen MR) is 96.2 cm³/mol. The Morgan fingerprint density at radius 1 is 1.24 bits per heavy atom. The van der Waals surface area contributed by atoms with Crippen LogP contribution in [0.3, 0.4) is 0 Å². The van der Waals surface area contributed by atoms with Gasteiger partial charge >= 0.3 is 6.09 Å². The predicted octanol–water partition coefficient (Wildman–Crippen LogP) is 3.13. The number of carbonyl (C=O) groups excluding carboxylic acids is 2. The molecule has 1 atom stereocenters. The van der Waals surface area contributed by atoms with E-state index in [1.165, 1.54) is 5.56 Å². The van der Waals surface area contributed by atoms with Gasteiger partial charge in [-0.3, -0.25) is 4.79 Å². The molecule has 0 radical (unpaired) electrons. The lowest BCUT2D eigenvalue weighted by atomic mass is 9.85. The monoisotopic (exact) mass is 344 g/mol. The van der Waals surface area contributed by atoms with Gasteiger partial charge in [-0.25, -0.2) is 4.79 Å². The highest BCUT2D eigenvalue weighted by molar-refractivity contribution is 5.91. The Balaban J connectivity index is 1.67. The summed E-state index contributed by atoms with van der Waals surface area (Å²) in [5.74, 6) is 0.169. The van der Waals surface area contributed by atoms with Crippen molar-refractivity contribution in [2.75, 3.05) is 13.1 Å². The molecule has 0 unspecified atom stereocenters. The topological polar surface area (TPSA) is 58.6 Å². The summed E-state index contributed by atoms with van der Waals surface area (Å²) in [5, 5.41) is 3.00. The van der Waals surface area contributed by atoms with Crippen LogP contribution in [0.4, 0.5) is 4.79 Å². The molecule has 136 valence electrons. The van der Waals surface area contributed by atoms with E-state index < -0.39 is 22.6 Å².